The van der Waals surface area contributed by atoms with Crippen molar-refractivity contribution in [1.29, 1.82) is 0 Å². The van der Waals surface area contributed by atoms with Crippen molar-refractivity contribution in [3.8, 4) is 0 Å². The van der Waals surface area contributed by atoms with Crippen molar-refractivity contribution in [3.63, 3.8) is 0 Å². The quantitative estimate of drug-likeness (QED) is 0.791. The average Bonchev–Trinajstić information content (AvgIpc) is 3.35. The van der Waals surface area contributed by atoms with E-state index in [4.69, 9.17) is 0 Å². The number of para-hydroxylation sites is 1. The van der Waals surface area contributed by atoms with Gasteiger partial charge in [-0.25, -0.2) is 13.4 Å². The second-order valence-corrected chi connectivity index (χ2v) is 9.39. The van der Waals surface area contributed by atoms with Crippen LogP contribution in [-0.2, 0) is 21.2 Å². The Morgan fingerprint density at radius 3 is 2.62 bits per heavy atom. The van der Waals surface area contributed by atoms with Crippen LogP contribution in [0.1, 0.15) is 25.1 Å². The van der Waals surface area contributed by atoms with Crippen molar-refractivity contribution < 1.29 is 13.2 Å². The standard InChI is InChI=1S/C18H21N3O4S/c1-12-19-16-5-3-2-4-15(16)18(23)20(12)10-17(22)21(13-6-7-13)14-8-9-26(24,25)11-14/h2-5,13-14H,6-11H2,1H3/t14-/m1/s1. The van der Waals surface area contributed by atoms with Gasteiger partial charge in [-0.1, -0.05) is 12.1 Å². The van der Waals surface area contributed by atoms with Gasteiger partial charge >= 0.3 is 0 Å². The molecule has 2 fully saturated rings. The molecule has 2 heterocycles. The molecule has 0 spiro atoms. The molecular weight excluding hydrogens is 354 g/mol. The number of benzene rings is 1. The van der Waals surface area contributed by atoms with Crippen LogP contribution in [0, 0.1) is 6.92 Å². The summed E-state index contributed by atoms with van der Waals surface area (Å²) in [6.07, 6.45) is 2.27. The van der Waals surface area contributed by atoms with Crippen LogP contribution in [0.2, 0.25) is 0 Å². The number of hydrogen-bond donors (Lipinski definition) is 0. The van der Waals surface area contributed by atoms with Gasteiger partial charge in [0.1, 0.15) is 12.4 Å². The zero-order chi connectivity index (χ0) is 18.5. The molecule has 0 bridgehead atoms. The van der Waals surface area contributed by atoms with Gasteiger partial charge in [0.05, 0.1) is 22.4 Å². The highest BCUT2D eigenvalue weighted by Gasteiger charge is 2.42. The molecular formula is C18H21N3O4S. The summed E-state index contributed by atoms with van der Waals surface area (Å²) in [6.45, 7) is 1.61. The second-order valence-electron chi connectivity index (χ2n) is 7.16. The van der Waals surface area contributed by atoms with Crippen molar-refractivity contribution in [1.82, 2.24) is 14.5 Å². The van der Waals surface area contributed by atoms with E-state index >= 15 is 0 Å². The van der Waals surface area contributed by atoms with Crippen molar-refractivity contribution in [2.75, 3.05) is 11.5 Å². The zero-order valence-electron chi connectivity index (χ0n) is 14.6. The van der Waals surface area contributed by atoms with Crippen LogP contribution in [0.3, 0.4) is 0 Å². The fourth-order valence-corrected chi connectivity index (χ4v) is 5.45. The minimum atomic E-state index is -3.07. The van der Waals surface area contributed by atoms with Gasteiger partial charge < -0.3 is 4.90 Å². The summed E-state index contributed by atoms with van der Waals surface area (Å²) in [7, 11) is -3.07. The first-order valence-corrected chi connectivity index (χ1v) is 10.7. The van der Waals surface area contributed by atoms with Crippen molar-refractivity contribution in [3.05, 3.63) is 40.4 Å². The van der Waals surface area contributed by atoms with Crippen LogP contribution in [0.25, 0.3) is 10.9 Å². The van der Waals surface area contributed by atoms with Gasteiger partial charge in [0, 0.05) is 12.1 Å². The Kier molecular flexibility index (Phi) is 4.10. The summed E-state index contributed by atoms with van der Waals surface area (Å²) >= 11 is 0. The molecule has 1 aromatic heterocycles. The highest BCUT2D eigenvalue weighted by molar-refractivity contribution is 7.91. The largest absolute Gasteiger partial charge is 0.334 e. The molecule has 1 aliphatic carbocycles. The van der Waals surface area contributed by atoms with Gasteiger partial charge in [-0.2, -0.15) is 0 Å². The molecule has 0 unspecified atom stereocenters. The third kappa shape index (κ3) is 3.13. The average molecular weight is 375 g/mol. The number of aromatic nitrogens is 2. The summed E-state index contributed by atoms with van der Waals surface area (Å²) in [4.78, 5) is 31.9. The lowest BCUT2D eigenvalue weighted by Crippen LogP contribution is -2.45. The number of amides is 1. The minimum absolute atomic E-state index is 0.0269. The maximum absolute atomic E-state index is 13.0. The molecule has 0 N–H and O–H groups in total. The summed E-state index contributed by atoms with van der Waals surface area (Å²) in [5, 5.41) is 0.479. The first kappa shape index (κ1) is 17.2. The molecule has 1 saturated heterocycles. The number of carbonyl (C=O) groups is 1. The Morgan fingerprint density at radius 2 is 1.96 bits per heavy atom. The fourth-order valence-electron chi connectivity index (χ4n) is 3.74. The van der Waals surface area contributed by atoms with Crippen LogP contribution in [0.4, 0.5) is 0 Å². The fraction of sp³-hybridized carbons (Fsp3) is 0.500. The first-order chi connectivity index (χ1) is 12.4. The van der Waals surface area contributed by atoms with E-state index in [9.17, 15) is 18.0 Å². The normalized spacial score (nSPS) is 21.8. The number of hydrogen-bond acceptors (Lipinski definition) is 5. The Bertz CT molecular complexity index is 1040. The van der Waals surface area contributed by atoms with E-state index in [1.165, 1.54) is 4.57 Å². The minimum Gasteiger partial charge on any atom is -0.334 e. The molecule has 0 radical (unpaired) electrons. The SMILES string of the molecule is Cc1nc2ccccc2c(=O)n1CC(=O)N(C1CC1)[C@@H]1CCS(=O)(=O)C1. The molecule has 2 aromatic rings. The van der Waals surface area contributed by atoms with E-state index in [-0.39, 0.29) is 41.6 Å². The number of rotatable bonds is 4. The summed E-state index contributed by atoms with van der Waals surface area (Å²) in [5.41, 5.74) is 0.371. The van der Waals surface area contributed by atoms with Gasteiger partial charge in [0.15, 0.2) is 9.84 Å². The van der Waals surface area contributed by atoms with E-state index in [1.54, 1.807) is 30.0 Å². The summed E-state index contributed by atoms with van der Waals surface area (Å²) in [5.74, 6) is 0.442. The zero-order valence-corrected chi connectivity index (χ0v) is 15.4. The van der Waals surface area contributed by atoms with Crippen LogP contribution >= 0.6 is 0 Å². The van der Waals surface area contributed by atoms with E-state index in [2.05, 4.69) is 4.98 Å². The van der Waals surface area contributed by atoms with E-state index < -0.39 is 9.84 Å². The Hall–Kier alpha value is -2.22. The maximum atomic E-state index is 13.0. The Morgan fingerprint density at radius 1 is 1.23 bits per heavy atom. The molecule has 1 aliphatic heterocycles. The molecule has 26 heavy (non-hydrogen) atoms. The maximum Gasteiger partial charge on any atom is 0.261 e. The molecule has 2 aliphatic rings. The van der Waals surface area contributed by atoms with Gasteiger partial charge in [0.2, 0.25) is 5.91 Å². The summed E-state index contributed by atoms with van der Waals surface area (Å²) in [6, 6.07) is 6.89. The van der Waals surface area contributed by atoms with Gasteiger partial charge in [0.25, 0.3) is 5.56 Å². The third-order valence-electron chi connectivity index (χ3n) is 5.18. The molecule has 1 aromatic carbocycles. The number of sulfone groups is 1. The van der Waals surface area contributed by atoms with Gasteiger partial charge in [-0.3, -0.25) is 14.2 Å². The van der Waals surface area contributed by atoms with Crippen molar-refractivity contribution >= 4 is 26.6 Å². The summed E-state index contributed by atoms with van der Waals surface area (Å²) < 4.78 is 25.0. The monoisotopic (exact) mass is 375 g/mol. The second kappa shape index (κ2) is 6.19. The van der Waals surface area contributed by atoms with Crippen molar-refractivity contribution in [2.45, 2.75) is 44.8 Å². The lowest BCUT2D eigenvalue weighted by molar-refractivity contribution is -0.134. The third-order valence-corrected chi connectivity index (χ3v) is 6.93. The predicted octanol–water partition coefficient (Wildman–Crippen LogP) is 0.883. The first-order valence-electron chi connectivity index (χ1n) is 8.83. The van der Waals surface area contributed by atoms with Crippen LogP contribution in [0.5, 0.6) is 0 Å². The van der Waals surface area contributed by atoms with Crippen molar-refractivity contribution in [2.24, 2.45) is 0 Å². The van der Waals surface area contributed by atoms with Gasteiger partial charge in [-0.15, -0.1) is 0 Å². The molecule has 138 valence electrons. The lowest BCUT2D eigenvalue weighted by Gasteiger charge is -2.28. The molecule has 1 amide bonds. The highest BCUT2D eigenvalue weighted by atomic mass is 32.2. The molecule has 1 atom stereocenters. The number of fused-ring (bicyclic) bond motifs is 1. The predicted molar refractivity (Wildman–Crippen MR) is 97.7 cm³/mol. The molecule has 8 heteroatoms. The topological polar surface area (TPSA) is 89.3 Å². The lowest BCUT2D eigenvalue weighted by atomic mass is 10.2. The van der Waals surface area contributed by atoms with E-state index in [1.807, 2.05) is 6.07 Å². The number of carbonyl (C=O) groups excluding carboxylic acids is 1. The molecule has 4 rings (SSSR count). The number of aryl methyl sites for hydroxylation is 1. The Balaban J connectivity index is 1.65. The van der Waals surface area contributed by atoms with Gasteiger partial charge in [-0.05, 0) is 38.3 Å². The molecule has 7 nitrogen and oxygen atoms in total. The van der Waals surface area contributed by atoms with E-state index in [0.717, 1.165) is 12.8 Å². The highest BCUT2D eigenvalue weighted by Crippen LogP contribution is 2.32. The van der Waals surface area contributed by atoms with Crippen LogP contribution in [-0.4, -0.2) is 52.4 Å². The van der Waals surface area contributed by atoms with Crippen LogP contribution in [0.15, 0.2) is 29.1 Å². The number of nitrogens with zero attached hydrogens (tertiary/aromatic N) is 3. The molecule has 1 saturated carbocycles. The van der Waals surface area contributed by atoms with E-state index in [0.29, 0.717) is 23.1 Å². The smallest absolute Gasteiger partial charge is 0.261 e. The van der Waals surface area contributed by atoms with Crippen LogP contribution < -0.4 is 5.56 Å². The Labute approximate surface area is 151 Å².